The number of carboxylic acid groups (broad SMARTS) is 1. The normalized spacial score (nSPS) is 10.3. The molecule has 0 aliphatic carbocycles. The highest BCUT2D eigenvalue weighted by molar-refractivity contribution is 5.88. The number of hydrogen-bond acceptors (Lipinski definition) is 4. The molecule has 20 heavy (non-hydrogen) atoms. The van der Waals surface area contributed by atoms with Gasteiger partial charge in [0.15, 0.2) is 0 Å². The van der Waals surface area contributed by atoms with E-state index in [0.717, 1.165) is 29.8 Å². The molecule has 2 heterocycles. The van der Waals surface area contributed by atoms with Crippen molar-refractivity contribution in [3.05, 3.63) is 47.4 Å². The van der Waals surface area contributed by atoms with Crippen molar-refractivity contribution in [2.24, 2.45) is 0 Å². The van der Waals surface area contributed by atoms with Crippen molar-refractivity contribution in [1.82, 2.24) is 9.97 Å². The van der Waals surface area contributed by atoms with Crippen LogP contribution in [0.3, 0.4) is 0 Å². The Hall–Kier alpha value is -2.43. The van der Waals surface area contributed by atoms with Crippen molar-refractivity contribution in [3.8, 4) is 0 Å². The van der Waals surface area contributed by atoms with Gasteiger partial charge in [-0.05, 0) is 37.1 Å². The molecule has 2 N–H and O–H groups in total. The van der Waals surface area contributed by atoms with Crippen LogP contribution in [0.5, 0.6) is 0 Å². The number of carbonyl (C=O) groups is 1. The Labute approximate surface area is 117 Å². The Balaban J connectivity index is 2.35. The van der Waals surface area contributed by atoms with Crippen molar-refractivity contribution in [1.29, 1.82) is 0 Å². The number of carboxylic acids is 1. The number of aryl methyl sites for hydroxylation is 2. The van der Waals surface area contributed by atoms with Crippen molar-refractivity contribution in [3.63, 3.8) is 0 Å². The summed E-state index contributed by atoms with van der Waals surface area (Å²) in [6, 6.07) is 5.04. The van der Waals surface area contributed by atoms with E-state index >= 15 is 0 Å². The van der Waals surface area contributed by atoms with Gasteiger partial charge in [-0.3, -0.25) is 4.98 Å². The molecule has 0 spiro atoms. The Bertz CT molecular complexity index is 626. The van der Waals surface area contributed by atoms with E-state index in [9.17, 15) is 4.79 Å². The van der Waals surface area contributed by atoms with Crippen molar-refractivity contribution >= 4 is 17.5 Å². The van der Waals surface area contributed by atoms with Gasteiger partial charge >= 0.3 is 5.97 Å². The highest BCUT2D eigenvalue weighted by Crippen LogP contribution is 2.19. The van der Waals surface area contributed by atoms with Crippen LogP contribution in [-0.2, 0) is 6.42 Å². The molecule has 0 aromatic carbocycles. The van der Waals surface area contributed by atoms with Crippen LogP contribution < -0.4 is 5.32 Å². The van der Waals surface area contributed by atoms with Crippen LogP contribution in [0.4, 0.5) is 11.5 Å². The molecule has 2 aromatic heterocycles. The molecule has 5 nitrogen and oxygen atoms in total. The first-order valence-electron chi connectivity index (χ1n) is 6.52. The molecule has 2 aromatic rings. The Morgan fingerprint density at radius 3 is 2.85 bits per heavy atom. The second-order valence-electron chi connectivity index (χ2n) is 4.60. The Kier molecular flexibility index (Phi) is 4.30. The van der Waals surface area contributed by atoms with Gasteiger partial charge in [0.25, 0.3) is 0 Å². The molecule has 0 fully saturated rings. The highest BCUT2D eigenvalue weighted by atomic mass is 16.4. The smallest absolute Gasteiger partial charge is 0.335 e. The third kappa shape index (κ3) is 3.32. The maximum absolute atomic E-state index is 11.2. The zero-order valence-electron chi connectivity index (χ0n) is 11.6. The average molecular weight is 271 g/mol. The summed E-state index contributed by atoms with van der Waals surface area (Å²) in [6.45, 7) is 3.99. The van der Waals surface area contributed by atoms with Crippen LogP contribution in [0.2, 0.25) is 0 Å². The van der Waals surface area contributed by atoms with E-state index in [1.54, 1.807) is 18.5 Å². The van der Waals surface area contributed by atoms with Crippen LogP contribution in [0, 0.1) is 6.92 Å². The molecule has 0 radical (unpaired) electrons. The van der Waals surface area contributed by atoms with Gasteiger partial charge in [-0.15, -0.1) is 0 Å². The van der Waals surface area contributed by atoms with Gasteiger partial charge in [0, 0.05) is 11.9 Å². The van der Waals surface area contributed by atoms with Gasteiger partial charge in [-0.25, -0.2) is 9.78 Å². The minimum Gasteiger partial charge on any atom is -0.478 e. The summed E-state index contributed by atoms with van der Waals surface area (Å²) in [4.78, 5) is 19.7. The lowest BCUT2D eigenvalue weighted by molar-refractivity contribution is 0.0696. The third-order valence-electron chi connectivity index (χ3n) is 2.93. The molecule has 0 aliphatic rings. The fraction of sp³-hybridized carbons (Fsp3) is 0.267. The lowest BCUT2D eigenvalue weighted by atomic mass is 10.1. The number of aromatic nitrogens is 2. The van der Waals surface area contributed by atoms with Gasteiger partial charge in [0.1, 0.15) is 5.82 Å². The number of pyridine rings is 2. The van der Waals surface area contributed by atoms with E-state index in [2.05, 4.69) is 15.3 Å². The van der Waals surface area contributed by atoms with Gasteiger partial charge in [0.05, 0.1) is 17.4 Å². The molecule has 0 saturated heterocycles. The molecular weight excluding hydrogens is 254 g/mol. The highest BCUT2D eigenvalue weighted by Gasteiger charge is 2.09. The van der Waals surface area contributed by atoms with Crippen LogP contribution in [0.1, 0.15) is 35.0 Å². The van der Waals surface area contributed by atoms with Gasteiger partial charge in [-0.1, -0.05) is 13.3 Å². The first-order valence-corrected chi connectivity index (χ1v) is 6.52. The lowest BCUT2D eigenvalue weighted by Gasteiger charge is -2.10. The fourth-order valence-electron chi connectivity index (χ4n) is 1.89. The van der Waals surface area contributed by atoms with E-state index in [1.165, 1.54) is 6.07 Å². The Morgan fingerprint density at radius 2 is 2.20 bits per heavy atom. The average Bonchev–Trinajstić information content (AvgIpc) is 2.41. The largest absolute Gasteiger partial charge is 0.478 e. The number of aromatic carboxylic acids is 1. The molecule has 5 heteroatoms. The number of rotatable bonds is 5. The summed E-state index contributed by atoms with van der Waals surface area (Å²) in [5.41, 5.74) is 2.87. The van der Waals surface area contributed by atoms with Gasteiger partial charge in [-0.2, -0.15) is 0 Å². The molecule has 0 bridgehead atoms. The summed E-state index contributed by atoms with van der Waals surface area (Å²) in [5, 5.41) is 12.3. The maximum Gasteiger partial charge on any atom is 0.335 e. The SMILES string of the molecule is CCCc1cc(C(=O)O)cc(Nc2cnccc2C)n1. The lowest BCUT2D eigenvalue weighted by Crippen LogP contribution is -2.04. The summed E-state index contributed by atoms with van der Waals surface area (Å²) in [6.07, 6.45) is 5.08. The van der Waals surface area contributed by atoms with E-state index in [0.29, 0.717) is 5.82 Å². The monoisotopic (exact) mass is 271 g/mol. The van der Waals surface area contributed by atoms with Gasteiger partial charge in [0.2, 0.25) is 0 Å². The second-order valence-corrected chi connectivity index (χ2v) is 4.60. The van der Waals surface area contributed by atoms with Crippen LogP contribution in [0.15, 0.2) is 30.6 Å². The van der Waals surface area contributed by atoms with Crippen LogP contribution >= 0.6 is 0 Å². The minimum absolute atomic E-state index is 0.243. The summed E-state index contributed by atoms with van der Waals surface area (Å²) in [7, 11) is 0. The maximum atomic E-state index is 11.2. The van der Waals surface area contributed by atoms with E-state index in [-0.39, 0.29) is 5.56 Å². The standard InChI is InChI=1S/C15H17N3O2/c1-3-4-12-7-11(15(19)20)8-14(17-12)18-13-9-16-6-5-10(13)2/h5-9H,3-4H2,1-2H3,(H,17,18)(H,19,20). The number of nitrogens with one attached hydrogen (secondary N) is 1. The van der Waals surface area contributed by atoms with Crippen molar-refractivity contribution in [2.75, 3.05) is 5.32 Å². The molecule has 104 valence electrons. The zero-order chi connectivity index (χ0) is 14.5. The molecule has 2 rings (SSSR count). The number of anilines is 2. The van der Waals surface area contributed by atoms with Crippen molar-refractivity contribution in [2.45, 2.75) is 26.7 Å². The van der Waals surface area contributed by atoms with Crippen LogP contribution in [0.25, 0.3) is 0 Å². The first kappa shape index (κ1) is 14.0. The molecule has 0 aliphatic heterocycles. The molecule has 0 atom stereocenters. The van der Waals surface area contributed by atoms with Crippen LogP contribution in [-0.4, -0.2) is 21.0 Å². The third-order valence-corrected chi connectivity index (χ3v) is 2.93. The predicted molar refractivity (Wildman–Crippen MR) is 77.4 cm³/mol. The molecular formula is C15H17N3O2. The summed E-state index contributed by atoms with van der Waals surface area (Å²) >= 11 is 0. The zero-order valence-corrected chi connectivity index (χ0v) is 11.6. The topological polar surface area (TPSA) is 75.1 Å². The summed E-state index contributed by atoms with van der Waals surface area (Å²) < 4.78 is 0. The molecule has 0 unspecified atom stereocenters. The molecule has 0 amide bonds. The van der Waals surface area contributed by atoms with E-state index in [4.69, 9.17) is 5.11 Å². The van der Waals surface area contributed by atoms with E-state index < -0.39 is 5.97 Å². The predicted octanol–water partition coefficient (Wildman–Crippen LogP) is 3.18. The molecule has 0 saturated carbocycles. The quantitative estimate of drug-likeness (QED) is 0.873. The number of nitrogens with zero attached hydrogens (tertiary/aromatic N) is 2. The number of hydrogen-bond donors (Lipinski definition) is 2. The first-order chi connectivity index (χ1) is 9.60. The summed E-state index contributed by atoms with van der Waals surface area (Å²) in [5.74, 6) is -0.417. The van der Waals surface area contributed by atoms with Crippen molar-refractivity contribution < 1.29 is 9.90 Å². The Morgan fingerprint density at radius 1 is 1.40 bits per heavy atom. The minimum atomic E-state index is -0.948. The van der Waals surface area contributed by atoms with Gasteiger partial charge < -0.3 is 10.4 Å². The second kappa shape index (κ2) is 6.14. The fourth-order valence-corrected chi connectivity index (χ4v) is 1.89. The van der Waals surface area contributed by atoms with E-state index in [1.807, 2.05) is 19.9 Å².